The lowest BCUT2D eigenvalue weighted by Crippen LogP contribution is -2.20. The molecule has 0 amide bonds. The highest BCUT2D eigenvalue weighted by molar-refractivity contribution is 6.44. The molecular formula is C14H20Cl3NO. The summed E-state index contributed by atoms with van der Waals surface area (Å²) in [6.07, 6.45) is 1.09. The quantitative estimate of drug-likeness (QED) is 0.548. The van der Waals surface area contributed by atoms with Gasteiger partial charge in [0.05, 0.1) is 16.7 Å². The Morgan fingerprint density at radius 3 is 2.47 bits per heavy atom. The van der Waals surface area contributed by atoms with Crippen LogP contribution < -0.4 is 5.32 Å². The molecule has 0 saturated heterocycles. The lowest BCUT2D eigenvalue weighted by Gasteiger charge is -2.10. The van der Waals surface area contributed by atoms with Crippen LogP contribution in [-0.4, -0.2) is 19.8 Å². The molecule has 1 aromatic carbocycles. The maximum absolute atomic E-state index is 6.11. The molecule has 2 nitrogen and oxygen atoms in total. The van der Waals surface area contributed by atoms with E-state index in [4.69, 9.17) is 39.5 Å². The van der Waals surface area contributed by atoms with Gasteiger partial charge in [0.25, 0.3) is 0 Å². The Hall–Kier alpha value is 0.01000. The molecular weight excluding hydrogens is 305 g/mol. The molecule has 19 heavy (non-hydrogen) atoms. The van der Waals surface area contributed by atoms with Crippen LogP contribution in [0.25, 0.3) is 0 Å². The SMILES string of the molecule is CC(C)CCOCCNCc1c(Cl)ccc(Cl)c1Cl. The molecule has 108 valence electrons. The molecule has 0 bridgehead atoms. The number of nitrogens with one attached hydrogen (secondary N) is 1. The van der Waals surface area contributed by atoms with E-state index in [0.29, 0.717) is 34.1 Å². The van der Waals surface area contributed by atoms with Gasteiger partial charge in [-0.25, -0.2) is 0 Å². The van der Waals surface area contributed by atoms with E-state index in [1.54, 1.807) is 12.1 Å². The molecule has 1 rings (SSSR count). The minimum absolute atomic E-state index is 0.516. The van der Waals surface area contributed by atoms with Crippen LogP contribution in [0.4, 0.5) is 0 Å². The molecule has 0 fully saturated rings. The summed E-state index contributed by atoms with van der Waals surface area (Å²) in [7, 11) is 0. The Bertz CT molecular complexity index is 397. The van der Waals surface area contributed by atoms with E-state index < -0.39 is 0 Å². The highest BCUT2D eigenvalue weighted by Crippen LogP contribution is 2.31. The minimum Gasteiger partial charge on any atom is -0.380 e. The number of rotatable bonds is 8. The number of halogens is 3. The summed E-state index contributed by atoms with van der Waals surface area (Å²) >= 11 is 18.1. The largest absolute Gasteiger partial charge is 0.380 e. The van der Waals surface area contributed by atoms with Crippen LogP contribution >= 0.6 is 34.8 Å². The molecule has 0 aliphatic carbocycles. The van der Waals surface area contributed by atoms with Crippen molar-refractivity contribution in [3.63, 3.8) is 0 Å². The molecule has 0 unspecified atom stereocenters. The number of ether oxygens (including phenoxy) is 1. The standard InChI is InChI=1S/C14H20Cl3NO/c1-10(2)5-7-19-8-6-18-9-11-12(15)3-4-13(16)14(11)17/h3-4,10,18H,5-9H2,1-2H3. The average molecular weight is 325 g/mol. The van der Waals surface area contributed by atoms with Gasteiger partial charge in [-0.1, -0.05) is 48.7 Å². The molecule has 0 spiro atoms. The summed E-state index contributed by atoms with van der Waals surface area (Å²) in [5.74, 6) is 0.678. The van der Waals surface area contributed by atoms with E-state index in [9.17, 15) is 0 Å². The first-order chi connectivity index (χ1) is 9.02. The second-order valence-corrected chi connectivity index (χ2v) is 5.99. The first-order valence-corrected chi connectivity index (χ1v) is 7.56. The molecule has 0 aliphatic rings. The van der Waals surface area contributed by atoms with E-state index in [-0.39, 0.29) is 0 Å². The number of benzene rings is 1. The summed E-state index contributed by atoms with van der Waals surface area (Å²) in [5.41, 5.74) is 0.831. The van der Waals surface area contributed by atoms with Crippen LogP contribution in [0, 0.1) is 5.92 Å². The van der Waals surface area contributed by atoms with Crippen LogP contribution in [0.15, 0.2) is 12.1 Å². The van der Waals surface area contributed by atoms with Gasteiger partial charge in [0.2, 0.25) is 0 Å². The zero-order valence-corrected chi connectivity index (χ0v) is 13.6. The third-order valence-corrected chi connectivity index (χ3v) is 3.90. The van der Waals surface area contributed by atoms with E-state index in [1.165, 1.54) is 0 Å². The molecule has 5 heteroatoms. The minimum atomic E-state index is 0.516. The molecule has 0 aliphatic heterocycles. The van der Waals surface area contributed by atoms with Gasteiger partial charge in [-0.3, -0.25) is 0 Å². The van der Waals surface area contributed by atoms with Crippen molar-refractivity contribution in [3.8, 4) is 0 Å². The van der Waals surface area contributed by atoms with E-state index >= 15 is 0 Å². The van der Waals surface area contributed by atoms with Crippen molar-refractivity contribution in [2.75, 3.05) is 19.8 Å². The Morgan fingerprint density at radius 2 is 1.79 bits per heavy atom. The van der Waals surface area contributed by atoms with Gasteiger partial charge in [0.1, 0.15) is 0 Å². The number of hydrogen-bond acceptors (Lipinski definition) is 2. The third-order valence-electron chi connectivity index (χ3n) is 2.70. The van der Waals surface area contributed by atoms with Gasteiger partial charge in [-0.2, -0.15) is 0 Å². The van der Waals surface area contributed by atoms with Crippen LogP contribution in [0.3, 0.4) is 0 Å². The van der Waals surface area contributed by atoms with Gasteiger partial charge in [-0.15, -0.1) is 0 Å². The summed E-state index contributed by atoms with van der Waals surface area (Å²) in [6, 6.07) is 3.46. The summed E-state index contributed by atoms with van der Waals surface area (Å²) in [6.45, 7) is 7.21. The Balaban J connectivity index is 2.25. The fourth-order valence-electron chi connectivity index (χ4n) is 1.51. The first kappa shape index (κ1) is 17.1. The van der Waals surface area contributed by atoms with Gasteiger partial charge in [0, 0.05) is 30.3 Å². The predicted molar refractivity (Wildman–Crippen MR) is 83.5 cm³/mol. The van der Waals surface area contributed by atoms with Crippen LogP contribution in [0.5, 0.6) is 0 Å². The smallest absolute Gasteiger partial charge is 0.0652 e. The van der Waals surface area contributed by atoms with Crippen molar-refractivity contribution in [1.82, 2.24) is 5.32 Å². The predicted octanol–water partition coefficient (Wildman–Crippen LogP) is 4.80. The summed E-state index contributed by atoms with van der Waals surface area (Å²) < 4.78 is 5.51. The van der Waals surface area contributed by atoms with Gasteiger partial charge < -0.3 is 10.1 Å². The zero-order chi connectivity index (χ0) is 14.3. The maximum atomic E-state index is 6.11. The summed E-state index contributed by atoms with van der Waals surface area (Å²) in [5, 5.41) is 4.91. The van der Waals surface area contributed by atoms with Crippen LogP contribution in [0.1, 0.15) is 25.8 Å². The van der Waals surface area contributed by atoms with Crippen molar-refractivity contribution in [3.05, 3.63) is 32.8 Å². The molecule has 0 aromatic heterocycles. The van der Waals surface area contributed by atoms with E-state index in [2.05, 4.69) is 19.2 Å². The molecule has 0 heterocycles. The van der Waals surface area contributed by atoms with Crippen LogP contribution in [0.2, 0.25) is 15.1 Å². The van der Waals surface area contributed by atoms with Crippen molar-refractivity contribution >= 4 is 34.8 Å². The second-order valence-electron chi connectivity index (χ2n) is 4.79. The highest BCUT2D eigenvalue weighted by atomic mass is 35.5. The first-order valence-electron chi connectivity index (χ1n) is 6.43. The Kier molecular flexibility index (Phi) is 8.12. The van der Waals surface area contributed by atoms with Crippen molar-refractivity contribution in [2.24, 2.45) is 5.92 Å². The van der Waals surface area contributed by atoms with Gasteiger partial charge in [0.15, 0.2) is 0 Å². The van der Waals surface area contributed by atoms with E-state index in [1.807, 2.05) is 0 Å². The van der Waals surface area contributed by atoms with Crippen molar-refractivity contribution in [2.45, 2.75) is 26.8 Å². The monoisotopic (exact) mass is 323 g/mol. The lowest BCUT2D eigenvalue weighted by molar-refractivity contribution is 0.125. The van der Waals surface area contributed by atoms with Gasteiger partial charge >= 0.3 is 0 Å². The Morgan fingerprint density at radius 1 is 1.11 bits per heavy atom. The summed E-state index contributed by atoms with van der Waals surface area (Å²) in [4.78, 5) is 0. The fourth-order valence-corrected chi connectivity index (χ4v) is 2.19. The molecule has 1 aromatic rings. The lowest BCUT2D eigenvalue weighted by atomic mass is 10.1. The normalized spacial score (nSPS) is 11.3. The number of hydrogen-bond donors (Lipinski definition) is 1. The second kappa shape index (κ2) is 9.04. The van der Waals surface area contributed by atoms with Crippen LogP contribution in [-0.2, 0) is 11.3 Å². The Labute approximate surface area is 130 Å². The van der Waals surface area contributed by atoms with E-state index in [0.717, 1.165) is 25.1 Å². The molecule has 1 N–H and O–H groups in total. The third kappa shape index (κ3) is 6.33. The fraction of sp³-hybridized carbons (Fsp3) is 0.571. The average Bonchev–Trinajstić information content (AvgIpc) is 2.36. The highest BCUT2D eigenvalue weighted by Gasteiger charge is 2.08. The zero-order valence-electron chi connectivity index (χ0n) is 11.3. The van der Waals surface area contributed by atoms with Crippen molar-refractivity contribution in [1.29, 1.82) is 0 Å². The topological polar surface area (TPSA) is 21.3 Å². The molecule has 0 atom stereocenters. The molecule has 0 saturated carbocycles. The maximum Gasteiger partial charge on any atom is 0.0652 e. The van der Waals surface area contributed by atoms with Gasteiger partial charge in [-0.05, 0) is 24.5 Å². The van der Waals surface area contributed by atoms with Crippen molar-refractivity contribution < 1.29 is 4.74 Å². The molecule has 0 radical (unpaired) electrons.